The predicted octanol–water partition coefficient (Wildman–Crippen LogP) is 4.75. The Morgan fingerprint density at radius 3 is 2.93 bits per heavy atom. The van der Waals surface area contributed by atoms with E-state index < -0.39 is 0 Å². The number of benzene rings is 1. The van der Waals surface area contributed by atoms with E-state index in [9.17, 15) is 0 Å². The molecule has 1 aromatic carbocycles. The van der Waals surface area contributed by atoms with E-state index >= 15 is 0 Å². The molecule has 0 radical (unpaired) electrons. The molecule has 0 N–H and O–H groups in total. The summed E-state index contributed by atoms with van der Waals surface area (Å²) in [5.41, 5.74) is 2.59. The molecule has 2 aromatic heterocycles. The lowest BCUT2D eigenvalue weighted by molar-refractivity contribution is 0.0330. The summed E-state index contributed by atoms with van der Waals surface area (Å²) in [6.07, 6.45) is 3.45. The fourth-order valence-electron chi connectivity index (χ4n) is 4.25. The van der Waals surface area contributed by atoms with Crippen LogP contribution in [-0.2, 0) is 24.1 Å². The molecular weight excluding hydrogens is 382 g/mol. The van der Waals surface area contributed by atoms with Crippen LogP contribution in [0.3, 0.4) is 0 Å². The average molecular weight is 410 g/mol. The fraction of sp³-hybridized carbons (Fsp3) is 0.478. The van der Waals surface area contributed by atoms with Gasteiger partial charge in [0, 0.05) is 18.0 Å². The molecule has 5 rings (SSSR count). The first-order valence-electron chi connectivity index (χ1n) is 10.5. The minimum absolute atomic E-state index is 0.718. The molecule has 0 unspecified atom stereocenters. The van der Waals surface area contributed by atoms with Crippen LogP contribution in [0, 0.1) is 12.8 Å². The van der Waals surface area contributed by atoms with Crippen LogP contribution in [0.1, 0.15) is 35.2 Å². The molecule has 1 fully saturated rings. The lowest BCUT2D eigenvalue weighted by Crippen LogP contribution is -2.36. The normalized spacial score (nSPS) is 20.0. The third-order valence-electron chi connectivity index (χ3n) is 5.84. The van der Waals surface area contributed by atoms with Crippen molar-refractivity contribution >= 4 is 21.6 Å². The van der Waals surface area contributed by atoms with E-state index in [4.69, 9.17) is 19.4 Å². The van der Waals surface area contributed by atoms with Gasteiger partial charge >= 0.3 is 0 Å². The van der Waals surface area contributed by atoms with Crippen LogP contribution in [0.15, 0.2) is 24.3 Å². The number of nitrogens with zero attached hydrogens (tertiary/aromatic N) is 3. The SMILES string of the molecule is Cc1cccc(Oc2nc(CN3CCOCC3)nc3sc4c(c23)CC[C@@H](C)C4)c1. The molecule has 152 valence electrons. The highest BCUT2D eigenvalue weighted by Gasteiger charge is 2.25. The maximum atomic E-state index is 6.37. The van der Waals surface area contributed by atoms with Gasteiger partial charge in [-0.05, 0) is 55.4 Å². The second-order valence-electron chi connectivity index (χ2n) is 8.28. The van der Waals surface area contributed by atoms with Crippen LogP contribution in [0.25, 0.3) is 10.2 Å². The summed E-state index contributed by atoms with van der Waals surface area (Å²) in [5, 5.41) is 1.13. The number of aromatic nitrogens is 2. The number of aryl methyl sites for hydroxylation is 2. The van der Waals surface area contributed by atoms with Crippen LogP contribution in [0.4, 0.5) is 0 Å². The van der Waals surface area contributed by atoms with Crippen LogP contribution < -0.4 is 4.74 Å². The molecule has 0 spiro atoms. The average Bonchev–Trinajstić information content (AvgIpc) is 3.06. The van der Waals surface area contributed by atoms with Crippen molar-refractivity contribution in [2.45, 2.75) is 39.7 Å². The van der Waals surface area contributed by atoms with Crippen molar-refractivity contribution in [3.8, 4) is 11.6 Å². The van der Waals surface area contributed by atoms with Crippen molar-refractivity contribution in [3.63, 3.8) is 0 Å². The zero-order valence-electron chi connectivity index (χ0n) is 17.1. The molecule has 6 heteroatoms. The Bertz CT molecular complexity index is 1030. The topological polar surface area (TPSA) is 47.5 Å². The number of ether oxygens (including phenoxy) is 2. The molecular formula is C23H27N3O2S. The number of hydrogen-bond donors (Lipinski definition) is 0. The Labute approximate surface area is 175 Å². The van der Waals surface area contributed by atoms with E-state index in [0.29, 0.717) is 0 Å². The van der Waals surface area contributed by atoms with Gasteiger partial charge in [-0.25, -0.2) is 4.98 Å². The number of fused-ring (bicyclic) bond motifs is 3. The first kappa shape index (κ1) is 19.0. The standard InChI is InChI=1S/C23H27N3O2S/c1-15-4-3-5-17(12-15)28-22-21-18-7-6-16(2)13-19(18)29-23(21)25-20(24-22)14-26-8-10-27-11-9-26/h3-5,12,16H,6-11,13-14H2,1-2H3/t16-/m1/s1. The Hall–Kier alpha value is -2.02. The molecule has 29 heavy (non-hydrogen) atoms. The maximum Gasteiger partial charge on any atom is 0.231 e. The molecule has 0 amide bonds. The second-order valence-corrected chi connectivity index (χ2v) is 9.37. The van der Waals surface area contributed by atoms with Gasteiger partial charge in [0.1, 0.15) is 16.4 Å². The monoisotopic (exact) mass is 409 g/mol. The molecule has 1 saturated heterocycles. The highest BCUT2D eigenvalue weighted by Crippen LogP contribution is 2.42. The van der Waals surface area contributed by atoms with Crippen molar-refractivity contribution < 1.29 is 9.47 Å². The largest absolute Gasteiger partial charge is 0.438 e. The molecule has 0 saturated carbocycles. The number of hydrogen-bond acceptors (Lipinski definition) is 6. The van der Waals surface area contributed by atoms with Gasteiger partial charge in [-0.1, -0.05) is 19.1 Å². The van der Waals surface area contributed by atoms with E-state index in [2.05, 4.69) is 30.9 Å². The van der Waals surface area contributed by atoms with Crippen molar-refractivity contribution in [1.29, 1.82) is 0 Å². The fourth-order valence-corrected chi connectivity index (χ4v) is 5.64. The molecule has 1 aliphatic carbocycles. The predicted molar refractivity (Wildman–Crippen MR) is 116 cm³/mol. The number of thiophene rings is 1. The van der Waals surface area contributed by atoms with E-state index in [1.807, 2.05) is 23.5 Å². The molecule has 0 bridgehead atoms. The van der Waals surface area contributed by atoms with Crippen molar-refractivity contribution in [1.82, 2.24) is 14.9 Å². The summed E-state index contributed by atoms with van der Waals surface area (Å²) in [6, 6.07) is 8.18. The van der Waals surface area contributed by atoms with Gasteiger partial charge in [0.2, 0.25) is 5.88 Å². The molecule has 3 heterocycles. The minimum atomic E-state index is 0.718. The van der Waals surface area contributed by atoms with Gasteiger partial charge in [-0.15, -0.1) is 11.3 Å². The van der Waals surface area contributed by atoms with E-state index in [-0.39, 0.29) is 0 Å². The van der Waals surface area contributed by atoms with Gasteiger partial charge in [-0.3, -0.25) is 4.90 Å². The molecule has 1 atom stereocenters. The minimum Gasteiger partial charge on any atom is -0.438 e. The van der Waals surface area contributed by atoms with Gasteiger partial charge in [-0.2, -0.15) is 4.98 Å². The molecule has 3 aromatic rings. The van der Waals surface area contributed by atoms with Gasteiger partial charge in [0.15, 0.2) is 0 Å². The quantitative estimate of drug-likeness (QED) is 0.622. The third-order valence-corrected chi connectivity index (χ3v) is 6.99. The lowest BCUT2D eigenvalue weighted by Gasteiger charge is -2.25. The molecule has 2 aliphatic rings. The van der Waals surface area contributed by atoms with Gasteiger partial charge in [0.25, 0.3) is 0 Å². The van der Waals surface area contributed by atoms with Gasteiger partial charge in [0.05, 0.1) is 25.1 Å². The zero-order valence-corrected chi connectivity index (χ0v) is 17.9. The van der Waals surface area contributed by atoms with E-state index in [0.717, 1.165) is 79.3 Å². The third kappa shape index (κ3) is 4.02. The Morgan fingerprint density at radius 1 is 1.24 bits per heavy atom. The lowest BCUT2D eigenvalue weighted by atomic mass is 9.89. The van der Waals surface area contributed by atoms with Crippen LogP contribution in [0.2, 0.25) is 0 Å². The second kappa shape index (κ2) is 8.01. The van der Waals surface area contributed by atoms with Crippen LogP contribution in [-0.4, -0.2) is 41.2 Å². The number of morpholine rings is 1. The summed E-state index contributed by atoms with van der Waals surface area (Å²) in [6.45, 7) is 8.57. The van der Waals surface area contributed by atoms with Crippen LogP contribution >= 0.6 is 11.3 Å². The molecule has 5 nitrogen and oxygen atoms in total. The van der Waals surface area contributed by atoms with Gasteiger partial charge < -0.3 is 9.47 Å². The highest BCUT2D eigenvalue weighted by molar-refractivity contribution is 7.18. The summed E-state index contributed by atoms with van der Waals surface area (Å²) >= 11 is 1.83. The Balaban J connectivity index is 1.56. The Morgan fingerprint density at radius 2 is 2.10 bits per heavy atom. The first-order chi connectivity index (χ1) is 14.2. The number of rotatable bonds is 4. The molecule has 1 aliphatic heterocycles. The summed E-state index contributed by atoms with van der Waals surface area (Å²) in [5.74, 6) is 3.13. The maximum absolute atomic E-state index is 6.37. The Kier molecular flexibility index (Phi) is 5.24. The first-order valence-corrected chi connectivity index (χ1v) is 11.3. The zero-order chi connectivity index (χ0) is 19.8. The smallest absolute Gasteiger partial charge is 0.231 e. The van der Waals surface area contributed by atoms with Crippen molar-refractivity contribution in [2.75, 3.05) is 26.3 Å². The van der Waals surface area contributed by atoms with E-state index in [1.165, 1.54) is 22.4 Å². The summed E-state index contributed by atoms with van der Waals surface area (Å²) in [4.78, 5) is 14.8. The van der Waals surface area contributed by atoms with Crippen molar-refractivity contribution in [2.24, 2.45) is 5.92 Å². The summed E-state index contributed by atoms with van der Waals surface area (Å²) < 4.78 is 11.8. The van der Waals surface area contributed by atoms with Crippen LogP contribution in [0.5, 0.6) is 11.6 Å². The highest BCUT2D eigenvalue weighted by atomic mass is 32.1. The van der Waals surface area contributed by atoms with Crippen molar-refractivity contribution in [3.05, 3.63) is 46.1 Å². The van der Waals surface area contributed by atoms with E-state index in [1.54, 1.807) is 0 Å². The summed E-state index contributed by atoms with van der Waals surface area (Å²) in [7, 11) is 0.